The van der Waals surface area contributed by atoms with Crippen LogP contribution >= 0.6 is 0 Å². The molecule has 0 spiro atoms. The summed E-state index contributed by atoms with van der Waals surface area (Å²) in [7, 11) is 2.58. The number of aliphatic hydroxyl groups excluding tert-OH is 1. The Kier molecular flexibility index (Phi) is 5.16. The van der Waals surface area contributed by atoms with Gasteiger partial charge in [-0.1, -0.05) is 25.5 Å². The number of hydrogen-bond acceptors (Lipinski definition) is 6. The molecule has 33 heavy (non-hydrogen) atoms. The van der Waals surface area contributed by atoms with Gasteiger partial charge >= 0.3 is 11.9 Å². The zero-order valence-electron chi connectivity index (χ0n) is 19.9. The first-order valence-electron chi connectivity index (χ1n) is 12.1. The number of carbonyl (C=O) groups excluding carboxylic acids is 2. The quantitative estimate of drug-likeness (QED) is 0.511. The van der Waals surface area contributed by atoms with Gasteiger partial charge in [-0.2, -0.15) is 0 Å². The molecule has 5 rings (SSSR count). The summed E-state index contributed by atoms with van der Waals surface area (Å²) in [4.78, 5) is 25.3. The van der Waals surface area contributed by atoms with Crippen LogP contribution in [0, 0.1) is 23.2 Å². The summed E-state index contributed by atoms with van der Waals surface area (Å²) in [5.74, 6) is 0.0534. The largest absolute Gasteiger partial charge is 0.508 e. The molecule has 6 nitrogen and oxygen atoms in total. The molecule has 0 amide bonds. The van der Waals surface area contributed by atoms with Crippen molar-refractivity contribution in [1.82, 2.24) is 0 Å². The molecule has 4 aliphatic rings. The van der Waals surface area contributed by atoms with E-state index in [-0.39, 0.29) is 39.7 Å². The van der Waals surface area contributed by atoms with Crippen molar-refractivity contribution in [2.24, 2.45) is 23.2 Å². The monoisotopic (exact) mass is 454 g/mol. The lowest BCUT2D eigenvalue weighted by molar-refractivity contribution is -0.0166. The Hall–Kier alpha value is -2.34. The van der Waals surface area contributed by atoms with Gasteiger partial charge in [0.25, 0.3) is 0 Å². The molecule has 4 aliphatic carbocycles. The van der Waals surface area contributed by atoms with Crippen LogP contribution in [0.3, 0.4) is 0 Å². The summed E-state index contributed by atoms with van der Waals surface area (Å²) < 4.78 is 9.98. The van der Waals surface area contributed by atoms with E-state index in [1.807, 2.05) is 0 Å². The van der Waals surface area contributed by atoms with Crippen LogP contribution in [0.2, 0.25) is 0 Å². The number of benzene rings is 1. The fourth-order valence-electron chi connectivity index (χ4n) is 8.04. The average Bonchev–Trinajstić information content (AvgIpc) is 3.12. The van der Waals surface area contributed by atoms with E-state index in [2.05, 4.69) is 19.9 Å². The van der Waals surface area contributed by atoms with Crippen molar-refractivity contribution in [1.29, 1.82) is 0 Å². The van der Waals surface area contributed by atoms with Gasteiger partial charge in [0, 0.05) is 5.56 Å². The molecule has 6 heteroatoms. The molecule has 178 valence electrons. The normalized spacial score (nSPS) is 36.6. The van der Waals surface area contributed by atoms with Gasteiger partial charge in [0.1, 0.15) is 5.75 Å². The van der Waals surface area contributed by atoms with Crippen molar-refractivity contribution in [3.8, 4) is 5.75 Å². The first kappa shape index (κ1) is 22.5. The van der Waals surface area contributed by atoms with Gasteiger partial charge in [-0.15, -0.1) is 0 Å². The van der Waals surface area contributed by atoms with Crippen LogP contribution in [0.25, 0.3) is 0 Å². The van der Waals surface area contributed by atoms with E-state index in [9.17, 15) is 19.8 Å². The second-order valence-electron chi connectivity index (χ2n) is 11.0. The zero-order valence-corrected chi connectivity index (χ0v) is 19.9. The number of methoxy groups -OCH3 is 2. The number of fused-ring (bicyclic) bond motifs is 7. The smallest absolute Gasteiger partial charge is 0.339 e. The van der Waals surface area contributed by atoms with Crippen molar-refractivity contribution in [3.05, 3.63) is 40.0 Å². The summed E-state index contributed by atoms with van der Waals surface area (Å²) in [5.41, 5.74) is 3.10. The van der Waals surface area contributed by atoms with E-state index in [0.29, 0.717) is 18.3 Å². The number of aliphatic hydroxyl groups is 1. The molecule has 2 fully saturated rings. The van der Waals surface area contributed by atoms with Crippen molar-refractivity contribution < 1.29 is 29.3 Å². The van der Waals surface area contributed by atoms with Crippen LogP contribution in [0.1, 0.15) is 84.2 Å². The number of carbonyl (C=O) groups is 2. The van der Waals surface area contributed by atoms with E-state index < -0.39 is 11.9 Å². The Labute approximate surface area is 195 Å². The lowest BCUT2D eigenvalue weighted by Crippen LogP contribution is -2.51. The standard InChI is InChI=1S/C27H34O6/c1-26-9-7-15(28)11-14(26)5-6-16-19(26)8-10-27(2)20(16)12-17-22(25(31)33-4)18(24(30)32-3)13-21(29)23(17)27/h5,13,15-16,19-20,28-29H,6-12H2,1-4H3/t15-,16-,19+,20-,26-,27-/m0/s1. The van der Waals surface area contributed by atoms with Gasteiger partial charge in [0.2, 0.25) is 0 Å². The zero-order chi connectivity index (χ0) is 23.7. The minimum atomic E-state index is -0.648. The van der Waals surface area contributed by atoms with Crippen molar-refractivity contribution in [3.63, 3.8) is 0 Å². The Balaban J connectivity index is 1.62. The molecular weight excluding hydrogens is 420 g/mol. The summed E-state index contributed by atoms with van der Waals surface area (Å²) >= 11 is 0. The van der Waals surface area contributed by atoms with E-state index in [0.717, 1.165) is 49.7 Å². The third kappa shape index (κ3) is 3.02. The predicted octanol–water partition coefficient (Wildman–Crippen LogP) is 4.30. The molecular formula is C27H34O6. The third-order valence-electron chi connectivity index (χ3n) is 9.67. The maximum atomic E-state index is 12.8. The maximum Gasteiger partial charge on any atom is 0.339 e. The SMILES string of the molecule is COC(=O)c1cc(O)c2c(c1C(=O)OC)C[C@H]1[C@H]3CC=C4C[C@@H](O)CC[C@]4(C)[C@@H]3CC[C@]21C. The highest BCUT2D eigenvalue weighted by Gasteiger charge is 2.58. The highest BCUT2D eigenvalue weighted by Crippen LogP contribution is 2.65. The minimum absolute atomic E-state index is 0.0680. The molecule has 2 N–H and O–H groups in total. The first-order chi connectivity index (χ1) is 15.7. The molecule has 0 bridgehead atoms. The Morgan fingerprint density at radius 2 is 1.70 bits per heavy atom. The van der Waals surface area contributed by atoms with Crippen LogP contribution in [0.5, 0.6) is 5.75 Å². The Morgan fingerprint density at radius 1 is 1.00 bits per heavy atom. The molecule has 0 radical (unpaired) electrons. The number of aromatic hydroxyl groups is 1. The third-order valence-corrected chi connectivity index (χ3v) is 9.67. The molecule has 1 aromatic carbocycles. The lowest BCUT2D eigenvalue weighted by Gasteiger charge is -2.57. The molecule has 0 aliphatic heterocycles. The van der Waals surface area contributed by atoms with Gasteiger partial charge in [0.15, 0.2) is 0 Å². The topological polar surface area (TPSA) is 93.1 Å². The number of rotatable bonds is 2. The minimum Gasteiger partial charge on any atom is -0.508 e. The van der Waals surface area contributed by atoms with Crippen LogP contribution < -0.4 is 0 Å². The second kappa shape index (κ2) is 7.59. The molecule has 0 unspecified atom stereocenters. The number of allylic oxidation sites excluding steroid dienone is 1. The maximum absolute atomic E-state index is 12.8. The van der Waals surface area contributed by atoms with Crippen LogP contribution in [0.4, 0.5) is 0 Å². The summed E-state index contributed by atoms with van der Waals surface area (Å²) in [6.45, 7) is 4.59. The summed E-state index contributed by atoms with van der Waals surface area (Å²) in [6, 6.07) is 1.39. The van der Waals surface area contributed by atoms with Crippen molar-refractivity contribution in [2.75, 3.05) is 14.2 Å². The van der Waals surface area contributed by atoms with Crippen molar-refractivity contribution in [2.45, 2.75) is 70.3 Å². The first-order valence-corrected chi connectivity index (χ1v) is 12.1. The fourth-order valence-corrected chi connectivity index (χ4v) is 8.04. The fraction of sp³-hybridized carbons (Fsp3) is 0.630. The second-order valence-corrected chi connectivity index (χ2v) is 11.0. The molecule has 6 atom stereocenters. The van der Waals surface area contributed by atoms with E-state index in [4.69, 9.17) is 9.47 Å². The Morgan fingerprint density at radius 3 is 2.39 bits per heavy atom. The molecule has 1 aromatic rings. The highest BCUT2D eigenvalue weighted by molar-refractivity contribution is 6.05. The van der Waals surface area contributed by atoms with Crippen molar-refractivity contribution >= 4 is 11.9 Å². The number of phenols is 1. The van der Waals surface area contributed by atoms with Gasteiger partial charge in [-0.25, -0.2) is 9.59 Å². The van der Waals surface area contributed by atoms with Gasteiger partial charge in [-0.3, -0.25) is 0 Å². The van der Waals surface area contributed by atoms with E-state index in [1.165, 1.54) is 25.9 Å². The number of phenolic OH excluding ortho intramolecular Hbond substituents is 1. The van der Waals surface area contributed by atoms with Crippen LogP contribution in [-0.4, -0.2) is 42.5 Å². The van der Waals surface area contributed by atoms with Gasteiger partial charge < -0.3 is 19.7 Å². The van der Waals surface area contributed by atoms with E-state index >= 15 is 0 Å². The van der Waals surface area contributed by atoms with Crippen LogP contribution in [0.15, 0.2) is 17.7 Å². The van der Waals surface area contributed by atoms with Gasteiger partial charge in [-0.05, 0) is 85.2 Å². The summed E-state index contributed by atoms with van der Waals surface area (Å²) in [5, 5.41) is 21.3. The average molecular weight is 455 g/mol. The predicted molar refractivity (Wildman–Crippen MR) is 122 cm³/mol. The van der Waals surface area contributed by atoms with E-state index in [1.54, 1.807) is 0 Å². The number of hydrogen-bond donors (Lipinski definition) is 2. The summed E-state index contributed by atoms with van der Waals surface area (Å²) in [6.07, 6.45) is 8.30. The molecule has 2 saturated carbocycles. The Bertz CT molecular complexity index is 1060. The number of esters is 2. The number of ether oxygens (including phenoxy) is 2. The van der Waals surface area contributed by atoms with Gasteiger partial charge in [0.05, 0.1) is 31.5 Å². The highest BCUT2D eigenvalue weighted by atomic mass is 16.5. The lowest BCUT2D eigenvalue weighted by atomic mass is 9.47. The molecule has 0 saturated heterocycles. The van der Waals surface area contributed by atoms with Crippen LogP contribution in [-0.2, 0) is 21.3 Å². The molecule has 0 heterocycles. The molecule has 0 aromatic heterocycles.